The van der Waals surface area contributed by atoms with Gasteiger partial charge in [0.25, 0.3) is 0 Å². The fourth-order valence-corrected chi connectivity index (χ4v) is 3.07. The zero-order valence-corrected chi connectivity index (χ0v) is 16.6. The van der Waals surface area contributed by atoms with E-state index >= 15 is 0 Å². The van der Waals surface area contributed by atoms with Crippen molar-refractivity contribution in [3.05, 3.63) is 29.6 Å². The Bertz CT molecular complexity index is 801. The van der Waals surface area contributed by atoms with Crippen LogP contribution in [0.2, 0.25) is 0 Å². The summed E-state index contributed by atoms with van der Waals surface area (Å²) >= 11 is 1.34. The van der Waals surface area contributed by atoms with Gasteiger partial charge in [-0.1, -0.05) is 38.6 Å². The van der Waals surface area contributed by atoms with E-state index in [2.05, 4.69) is 34.7 Å². The summed E-state index contributed by atoms with van der Waals surface area (Å²) in [6.45, 7) is 7.81. The molecule has 140 valence electrons. The van der Waals surface area contributed by atoms with Crippen molar-refractivity contribution in [3.8, 4) is 0 Å². The predicted octanol–water partition coefficient (Wildman–Crippen LogP) is 3.33. The van der Waals surface area contributed by atoms with Crippen LogP contribution in [-0.2, 0) is 16.6 Å². The molecule has 2 amide bonds. The molecular formula is C18H25N5O2S. The Kier molecular flexibility index (Phi) is 6.79. The zero-order chi connectivity index (χ0) is 19.3. The minimum atomic E-state index is -0.138. The van der Waals surface area contributed by atoms with Crippen LogP contribution in [0.1, 0.15) is 44.5 Å². The molecule has 1 heterocycles. The lowest BCUT2D eigenvalue weighted by Gasteiger charge is -2.11. The first-order valence-electron chi connectivity index (χ1n) is 8.54. The van der Waals surface area contributed by atoms with Gasteiger partial charge in [0.05, 0.1) is 5.75 Å². The van der Waals surface area contributed by atoms with Gasteiger partial charge in [0.2, 0.25) is 11.8 Å². The maximum Gasteiger partial charge on any atom is 0.234 e. The number of nitrogens with zero attached hydrogens (tertiary/aromatic N) is 3. The number of hydrogen-bond donors (Lipinski definition) is 2. The largest absolute Gasteiger partial charge is 0.326 e. The quantitative estimate of drug-likeness (QED) is 0.725. The molecule has 0 fully saturated rings. The van der Waals surface area contributed by atoms with Crippen molar-refractivity contribution in [1.82, 2.24) is 14.8 Å². The van der Waals surface area contributed by atoms with Gasteiger partial charge in [-0.25, -0.2) is 0 Å². The number of amides is 2. The van der Waals surface area contributed by atoms with E-state index in [0.717, 1.165) is 11.4 Å². The predicted molar refractivity (Wildman–Crippen MR) is 105 cm³/mol. The van der Waals surface area contributed by atoms with E-state index in [0.29, 0.717) is 23.0 Å². The van der Waals surface area contributed by atoms with Gasteiger partial charge >= 0.3 is 0 Å². The molecule has 0 saturated heterocycles. The Morgan fingerprint density at radius 1 is 1.19 bits per heavy atom. The molecule has 0 atom stereocenters. The number of carbonyl (C=O) groups is 2. The van der Waals surface area contributed by atoms with E-state index in [-0.39, 0.29) is 23.5 Å². The minimum Gasteiger partial charge on any atom is -0.326 e. The van der Waals surface area contributed by atoms with Crippen LogP contribution in [0.3, 0.4) is 0 Å². The molecule has 1 aromatic heterocycles. The van der Waals surface area contributed by atoms with E-state index in [4.69, 9.17) is 0 Å². The summed E-state index contributed by atoms with van der Waals surface area (Å²) in [5.74, 6) is 1.20. The van der Waals surface area contributed by atoms with Crippen LogP contribution in [0, 0.1) is 6.92 Å². The number of aromatic nitrogens is 3. The van der Waals surface area contributed by atoms with E-state index in [1.54, 1.807) is 13.0 Å². The van der Waals surface area contributed by atoms with Crippen LogP contribution in [0.25, 0.3) is 0 Å². The molecule has 0 aliphatic heterocycles. The molecule has 8 heteroatoms. The first-order chi connectivity index (χ1) is 12.3. The Labute approximate surface area is 158 Å². The molecule has 0 aliphatic rings. The summed E-state index contributed by atoms with van der Waals surface area (Å²) in [6.07, 6.45) is 0.405. The van der Waals surface area contributed by atoms with Crippen LogP contribution in [0.4, 0.5) is 11.4 Å². The molecular weight excluding hydrogens is 350 g/mol. The third kappa shape index (κ3) is 5.08. The van der Waals surface area contributed by atoms with Crippen LogP contribution in [0.15, 0.2) is 23.4 Å². The summed E-state index contributed by atoms with van der Waals surface area (Å²) in [4.78, 5) is 23.8. The summed E-state index contributed by atoms with van der Waals surface area (Å²) in [5.41, 5.74) is 2.30. The molecule has 0 bridgehead atoms. The molecule has 2 N–H and O–H groups in total. The highest BCUT2D eigenvalue weighted by molar-refractivity contribution is 7.99. The fraction of sp³-hybridized carbons (Fsp3) is 0.444. The van der Waals surface area contributed by atoms with E-state index in [1.807, 2.05) is 30.7 Å². The number of anilines is 2. The molecule has 0 unspecified atom stereocenters. The molecule has 0 spiro atoms. The van der Waals surface area contributed by atoms with E-state index in [9.17, 15) is 9.59 Å². The summed E-state index contributed by atoms with van der Waals surface area (Å²) in [5, 5.41) is 14.7. The van der Waals surface area contributed by atoms with Crippen LogP contribution in [0.5, 0.6) is 0 Å². The maximum absolute atomic E-state index is 12.2. The van der Waals surface area contributed by atoms with Crippen LogP contribution < -0.4 is 10.6 Å². The average Bonchev–Trinajstić information content (AvgIpc) is 2.96. The van der Waals surface area contributed by atoms with Gasteiger partial charge in [0, 0.05) is 30.8 Å². The normalized spacial score (nSPS) is 10.8. The van der Waals surface area contributed by atoms with E-state index < -0.39 is 0 Å². The SMILES string of the molecule is CCC(=O)Nc1cc(NC(=O)CSc2nnc(C(C)C)n2C)ccc1C. The monoisotopic (exact) mass is 375 g/mol. The number of nitrogens with one attached hydrogen (secondary N) is 2. The number of benzene rings is 1. The maximum atomic E-state index is 12.2. The topological polar surface area (TPSA) is 88.9 Å². The van der Waals surface area contributed by atoms with Gasteiger partial charge in [-0.2, -0.15) is 0 Å². The second kappa shape index (κ2) is 8.84. The number of rotatable bonds is 7. The number of thioether (sulfide) groups is 1. The average molecular weight is 375 g/mol. The molecule has 0 saturated carbocycles. The number of hydrogen-bond acceptors (Lipinski definition) is 5. The number of aryl methyl sites for hydroxylation is 1. The Morgan fingerprint density at radius 3 is 2.54 bits per heavy atom. The van der Waals surface area contributed by atoms with Crippen LogP contribution >= 0.6 is 11.8 Å². The van der Waals surface area contributed by atoms with Crippen molar-refractivity contribution < 1.29 is 9.59 Å². The lowest BCUT2D eigenvalue weighted by molar-refractivity contribution is -0.116. The fourth-order valence-electron chi connectivity index (χ4n) is 2.35. The van der Waals surface area contributed by atoms with Crippen molar-refractivity contribution in [1.29, 1.82) is 0 Å². The zero-order valence-electron chi connectivity index (χ0n) is 15.8. The van der Waals surface area contributed by atoms with Gasteiger partial charge in [-0.15, -0.1) is 10.2 Å². The highest BCUT2D eigenvalue weighted by Gasteiger charge is 2.14. The standard InChI is InChI=1S/C18H25N5O2S/c1-6-15(24)20-14-9-13(8-7-12(14)4)19-16(25)10-26-18-22-21-17(11(2)3)23(18)5/h7-9,11H,6,10H2,1-5H3,(H,19,25)(H,20,24). The third-order valence-electron chi connectivity index (χ3n) is 3.83. The molecule has 0 radical (unpaired) electrons. The molecule has 2 rings (SSSR count). The minimum absolute atomic E-state index is 0.0598. The number of carbonyl (C=O) groups excluding carboxylic acids is 2. The van der Waals surface area contributed by atoms with Gasteiger partial charge < -0.3 is 15.2 Å². The smallest absolute Gasteiger partial charge is 0.234 e. The van der Waals surface area contributed by atoms with Gasteiger partial charge in [-0.3, -0.25) is 9.59 Å². The Hall–Kier alpha value is -2.35. The van der Waals surface area contributed by atoms with Crippen molar-refractivity contribution >= 4 is 35.0 Å². The third-order valence-corrected chi connectivity index (χ3v) is 4.85. The first kappa shape index (κ1) is 20.0. The van der Waals surface area contributed by atoms with Gasteiger partial charge in [0.1, 0.15) is 5.82 Å². The molecule has 1 aromatic carbocycles. The molecule has 0 aliphatic carbocycles. The van der Waals surface area contributed by atoms with Crippen LogP contribution in [-0.4, -0.2) is 32.3 Å². The lowest BCUT2D eigenvalue weighted by Crippen LogP contribution is -2.15. The molecule has 26 heavy (non-hydrogen) atoms. The van der Waals surface area contributed by atoms with Gasteiger partial charge in [-0.05, 0) is 24.6 Å². The Morgan fingerprint density at radius 2 is 1.92 bits per heavy atom. The van der Waals surface area contributed by atoms with Crippen molar-refractivity contribution in [2.24, 2.45) is 7.05 Å². The summed E-state index contributed by atoms with van der Waals surface area (Å²) in [6, 6.07) is 5.45. The van der Waals surface area contributed by atoms with Crippen molar-refractivity contribution in [2.75, 3.05) is 16.4 Å². The highest BCUT2D eigenvalue weighted by atomic mass is 32.2. The molecule has 2 aromatic rings. The summed E-state index contributed by atoms with van der Waals surface area (Å²) in [7, 11) is 1.90. The lowest BCUT2D eigenvalue weighted by atomic mass is 10.1. The Balaban J connectivity index is 1.97. The first-order valence-corrected chi connectivity index (χ1v) is 9.52. The van der Waals surface area contributed by atoms with Crippen molar-refractivity contribution in [3.63, 3.8) is 0 Å². The van der Waals surface area contributed by atoms with E-state index in [1.165, 1.54) is 11.8 Å². The second-order valence-electron chi connectivity index (χ2n) is 6.32. The van der Waals surface area contributed by atoms with Crippen molar-refractivity contribution in [2.45, 2.75) is 45.2 Å². The van der Waals surface area contributed by atoms with Gasteiger partial charge in [0.15, 0.2) is 5.16 Å². The molecule has 7 nitrogen and oxygen atoms in total. The summed E-state index contributed by atoms with van der Waals surface area (Å²) < 4.78 is 1.91. The highest BCUT2D eigenvalue weighted by Crippen LogP contribution is 2.22. The second-order valence-corrected chi connectivity index (χ2v) is 7.27.